The van der Waals surface area contributed by atoms with E-state index in [1.165, 1.54) is 17.7 Å². The van der Waals surface area contributed by atoms with Crippen molar-refractivity contribution < 1.29 is 0 Å². The van der Waals surface area contributed by atoms with Crippen LogP contribution < -0.4 is 5.32 Å². The Bertz CT molecular complexity index is 361. The van der Waals surface area contributed by atoms with Crippen molar-refractivity contribution >= 4 is 0 Å². The molecule has 1 fully saturated rings. The van der Waals surface area contributed by atoms with E-state index in [2.05, 4.69) is 41.4 Å². The molecule has 2 nitrogen and oxygen atoms in total. The zero-order valence-corrected chi connectivity index (χ0v) is 8.59. The smallest absolute Gasteiger partial charge is 0.0564 e. The lowest BCUT2D eigenvalue weighted by Gasteiger charge is -2.40. The maximum absolute atomic E-state index is 3.50. The summed E-state index contributed by atoms with van der Waals surface area (Å²) in [6.07, 6.45) is 0. The van der Waals surface area contributed by atoms with Crippen molar-refractivity contribution in [2.24, 2.45) is 0 Å². The SMILES string of the molecule is CC12CNCCN1Cc1ccccc12. The second kappa shape index (κ2) is 2.81. The van der Waals surface area contributed by atoms with Crippen LogP contribution in [0.1, 0.15) is 18.1 Å². The van der Waals surface area contributed by atoms with Gasteiger partial charge in [-0.1, -0.05) is 24.3 Å². The fourth-order valence-corrected chi connectivity index (χ4v) is 2.81. The molecule has 74 valence electrons. The second-order valence-corrected chi connectivity index (χ2v) is 4.53. The van der Waals surface area contributed by atoms with E-state index in [0.29, 0.717) is 0 Å². The Morgan fingerprint density at radius 1 is 1.36 bits per heavy atom. The molecule has 2 heteroatoms. The van der Waals surface area contributed by atoms with E-state index < -0.39 is 0 Å². The third kappa shape index (κ3) is 0.983. The highest BCUT2D eigenvalue weighted by Gasteiger charge is 2.41. The van der Waals surface area contributed by atoms with Crippen LogP contribution in [0.2, 0.25) is 0 Å². The summed E-state index contributed by atoms with van der Waals surface area (Å²) in [7, 11) is 0. The standard InChI is InChI=1S/C12H16N2/c1-12-9-13-6-7-14(12)8-10-4-2-3-5-11(10)12/h2-5,13H,6-9H2,1H3. The fraction of sp³-hybridized carbons (Fsp3) is 0.500. The quantitative estimate of drug-likeness (QED) is 0.660. The van der Waals surface area contributed by atoms with E-state index in [1.807, 2.05) is 0 Å². The highest BCUT2D eigenvalue weighted by molar-refractivity contribution is 5.38. The molecule has 2 aliphatic rings. The van der Waals surface area contributed by atoms with Crippen molar-refractivity contribution in [3.8, 4) is 0 Å². The fourth-order valence-electron chi connectivity index (χ4n) is 2.81. The maximum atomic E-state index is 3.50. The van der Waals surface area contributed by atoms with Gasteiger partial charge in [0.15, 0.2) is 0 Å². The number of benzene rings is 1. The molecule has 2 heterocycles. The van der Waals surface area contributed by atoms with Crippen LogP contribution in [-0.2, 0) is 12.1 Å². The van der Waals surface area contributed by atoms with Crippen LogP contribution >= 0.6 is 0 Å². The molecular formula is C12H16N2. The predicted molar refractivity (Wildman–Crippen MR) is 57.1 cm³/mol. The lowest BCUT2D eigenvalue weighted by atomic mass is 9.90. The summed E-state index contributed by atoms with van der Waals surface area (Å²) in [6, 6.07) is 8.84. The summed E-state index contributed by atoms with van der Waals surface area (Å²) in [5.41, 5.74) is 3.28. The zero-order chi connectivity index (χ0) is 9.60. The van der Waals surface area contributed by atoms with Gasteiger partial charge in [-0.2, -0.15) is 0 Å². The van der Waals surface area contributed by atoms with Gasteiger partial charge in [0.2, 0.25) is 0 Å². The van der Waals surface area contributed by atoms with Gasteiger partial charge in [-0.05, 0) is 18.1 Å². The molecule has 1 N–H and O–H groups in total. The van der Waals surface area contributed by atoms with E-state index in [1.54, 1.807) is 0 Å². The van der Waals surface area contributed by atoms with Gasteiger partial charge in [-0.15, -0.1) is 0 Å². The Morgan fingerprint density at radius 3 is 3.14 bits per heavy atom. The molecule has 1 aromatic rings. The van der Waals surface area contributed by atoms with Gasteiger partial charge in [-0.25, -0.2) is 0 Å². The predicted octanol–water partition coefficient (Wildman–Crippen LogP) is 1.32. The van der Waals surface area contributed by atoms with Crippen molar-refractivity contribution in [1.29, 1.82) is 0 Å². The first-order valence-electron chi connectivity index (χ1n) is 5.35. The van der Waals surface area contributed by atoms with Crippen molar-refractivity contribution in [2.75, 3.05) is 19.6 Å². The third-order valence-corrected chi connectivity index (χ3v) is 3.68. The summed E-state index contributed by atoms with van der Waals surface area (Å²) in [5.74, 6) is 0. The second-order valence-electron chi connectivity index (χ2n) is 4.53. The highest BCUT2D eigenvalue weighted by Crippen LogP contribution is 2.39. The summed E-state index contributed by atoms with van der Waals surface area (Å²) in [4.78, 5) is 2.59. The molecule has 1 unspecified atom stereocenters. The number of piperazine rings is 1. The minimum absolute atomic E-state index is 0.245. The van der Waals surface area contributed by atoms with E-state index in [4.69, 9.17) is 0 Å². The van der Waals surface area contributed by atoms with Gasteiger partial charge in [0.1, 0.15) is 0 Å². The van der Waals surface area contributed by atoms with Crippen LogP contribution in [0.5, 0.6) is 0 Å². The van der Waals surface area contributed by atoms with Gasteiger partial charge < -0.3 is 5.32 Å². The Hall–Kier alpha value is -0.860. The number of nitrogens with zero attached hydrogens (tertiary/aromatic N) is 1. The number of hydrogen-bond donors (Lipinski definition) is 1. The Labute approximate surface area is 84.9 Å². The molecule has 3 rings (SSSR count). The van der Waals surface area contributed by atoms with Crippen LogP contribution in [0.4, 0.5) is 0 Å². The molecule has 2 aliphatic heterocycles. The zero-order valence-electron chi connectivity index (χ0n) is 8.59. The Kier molecular flexibility index (Phi) is 1.70. The molecule has 1 atom stereocenters. The molecular weight excluding hydrogens is 172 g/mol. The van der Waals surface area contributed by atoms with Crippen molar-refractivity contribution in [3.63, 3.8) is 0 Å². The van der Waals surface area contributed by atoms with Gasteiger partial charge >= 0.3 is 0 Å². The summed E-state index contributed by atoms with van der Waals surface area (Å²) >= 11 is 0. The molecule has 0 saturated carbocycles. The highest BCUT2D eigenvalue weighted by atomic mass is 15.3. The van der Waals surface area contributed by atoms with E-state index in [-0.39, 0.29) is 5.54 Å². The number of fused-ring (bicyclic) bond motifs is 3. The number of nitrogens with one attached hydrogen (secondary N) is 1. The summed E-state index contributed by atoms with van der Waals surface area (Å²) < 4.78 is 0. The molecule has 0 amide bonds. The van der Waals surface area contributed by atoms with Crippen LogP contribution in [0, 0.1) is 0 Å². The average molecular weight is 188 g/mol. The average Bonchev–Trinajstić information content (AvgIpc) is 2.51. The number of hydrogen-bond acceptors (Lipinski definition) is 2. The first kappa shape index (κ1) is 8.45. The topological polar surface area (TPSA) is 15.3 Å². The normalized spacial score (nSPS) is 31.2. The van der Waals surface area contributed by atoms with E-state index in [9.17, 15) is 0 Å². The van der Waals surface area contributed by atoms with Crippen LogP contribution in [-0.4, -0.2) is 24.5 Å². The minimum atomic E-state index is 0.245. The van der Waals surface area contributed by atoms with Gasteiger partial charge in [0.25, 0.3) is 0 Å². The first-order chi connectivity index (χ1) is 6.81. The Balaban J connectivity index is 2.10. The van der Waals surface area contributed by atoms with Crippen LogP contribution in [0.15, 0.2) is 24.3 Å². The van der Waals surface area contributed by atoms with Crippen molar-refractivity contribution in [2.45, 2.75) is 19.0 Å². The maximum Gasteiger partial charge on any atom is 0.0564 e. The third-order valence-electron chi connectivity index (χ3n) is 3.68. The van der Waals surface area contributed by atoms with Gasteiger partial charge in [0.05, 0.1) is 5.54 Å². The summed E-state index contributed by atoms with van der Waals surface area (Å²) in [6.45, 7) is 6.87. The molecule has 0 spiro atoms. The lowest BCUT2D eigenvalue weighted by molar-refractivity contribution is 0.0886. The van der Waals surface area contributed by atoms with Gasteiger partial charge in [0, 0.05) is 26.2 Å². The molecule has 14 heavy (non-hydrogen) atoms. The molecule has 0 aromatic heterocycles. The number of rotatable bonds is 0. The van der Waals surface area contributed by atoms with Crippen molar-refractivity contribution in [1.82, 2.24) is 10.2 Å². The lowest BCUT2D eigenvalue weighted by Crippen LogP contribution is -2.53. The van der Waals surface area contributed by atoms with E-state index in [0.717, 1.165) is 19.6 Å². The molecule has 0 aliphatic carbocycles. The molecule has 0 radical (unpaired) electrons. The Morgan fingerprint density at radius 2 is 2.21 bits per heavy atom. The van der Waals surface area contributed by atoms with Crippen LogP contribution in [0.25, 0.3) is 0 Å². The molecule has 1 saturated heterocycles. The van der Waals surface area contributed by atoms with Crippen LogP contribution in [0.3, 0.4) is 0 Å². The first-order valence-corrected chi connectivity index (χ1v) is 5.35. The monoisotopic (exact) mass is 188 g/mol. The molecule has 1 aromatic carbocycles. The minimum Gasteiger partial charge on any atom is -0.313 e. The molecule has 0 bridgehead atoms. The van der Waals surface area contributed by atoms with Gasteiger partial charge in [-0.3, -0.25) is 4.90 Å². The van der Waals surface area contributed by atoms with E-state index >= 15 is 0 Å². The largest absolute Gasteiger partial charge is 0.313 e. The van der Waals surface area contributed by atoms with Crippen molar-refractivity contribution in [3.05, 3.63) is 35.4 Å². The summed E-state index contributed by atoms with van der Waals surface area (Å²) in [5, 5.41) is 3.50.